The fourth-order valence-corrected chi connectivity index (χ4v) is 2.41. The SMILES string of the molecule is N#C/C(=C1\OC(=O)c2cccnc21)c1ccc2c(c1)OCO2. The van der Waals surface area contributed by atoms with Crippen molar-refractivity contribution in [3.63, 3.8) is 0 Å². The quantitative estimate of drug-likeness (QED) is 0.593. The average molecular weight is 292 g/mol. The molecule has 0 atom stereocenters. The molecule has 0 spiro atoms. The van der Waals surface area contributed by atoms with Crippen LogP contribution in [0.3, 0.4) is 0 Å². The Bertz CT molecular complexity index is 880. The lowest BCUT2D eigenvalue weighted by molar-refractivity contribution is 0.0716. The molecule has 6 heteroatoms. The van der Waals surface area contributed by atoms with E-state index in [9.17, 15) is 10.1 Å². The largest absolute Gasteiger partial charge is 0.454 e. The van der Waals surface area contributed by atoms with Gasteiger partial charge in [-0.05, 0) is 30.3 Å². The second kappa shape index (κ2) is 4.60. The molecule has 0 amide bonds. The third-order valence-electron chi connectivity index (χ3n) is 3.44. The van der Waals surface area contributed by atoms with Crippen molar-refractivity contribution in [1.82, 2.24) is 4.98 Å². The number of rotatable bonds is 1. The molecule has 2 aliphatic heterocycles. The lowest BCUT2D eigenvalue weighted by Crippen LogP contribution is -1.94. The number of esters is 1. The van der Waals surface area contributed by atoms with E-state index in [1.54, 1.807) is 36.5 Å². The number of pyridine rings is 1. The number of hydrogen-bond donors (Lipinski definition) is 0. The van der Waals surface area contributed by atoms with Crippen molar-refractivity contribution in [2.75, 3.05) is 6.79 Å². The van der Waals surface area contributed by atoms with Crippen LogP contribution in [0.2, 0.25) is 0 Å². The molecule has 0 saturated carbocycles. The number of cyclic esters (lactones) is 1. The molecule has 0 aliphatic carbocycles. The first kappa shape index (κ1) is 12.4. The van der Waals surface area contributed by atoms with Crippen LogP contribution in [0.25, 0.3) is 11.3 Å². The lowest BCUT2D eigenvalue weighted by atomic mass is 10.0. The predicted molar refractivity (Wildman–Crippen MR) is 74.6 cm³/mol. The monoisotopic (exact) mass is 292 g/mol. The van der Waals surface area contributed by atoms with Gasteiger partial charge in [0.1, 0.15) is 17.3 Å². The van der Waals surface area contributed by atoms with Gasteiger partial charge in [0.15, 0.2) is 17.3 Å². The summed E-state index contributed by atoms with van der Waals surface area (Å²) < 4.78 is 15.8. The summed E-state index contributed by atoms with van der Waals surface area (Å²) >= 11 is 0. The normalized spacial score (nSPS) is 16.8. The summed E-state index contributed by atoms with van der Waals surface area (Å²) in [5.41, 5.74) is 1.53. The Hall–Kier alpha value is -3.33. The summed E-state index contributed by atoms with van der Waals surface area (Å²) in [6, 6.07) is 10.5. The van der Waals surface area contributed by atoms with Crippen LogP contribution in [0.1, 0.15) is 21.6 Å². The van der Waals surface area contributed by atoms with Gasteiger partial charge in [0, 0.05) is 11.8 Å². The van der Waals surface area contributed by atoms with Crippen molar-refractivity contribution >= 4 is 17.3 Å². The number of carbonyl (C=O) groups is 1. The van der Waals surface area contributed by atoms with Crippen LogP contribution in [0.4, 0.5) is 0 Å². The molecule has 2 aliphatic rings. The van der Waals surface area contributed by atoms with E-state index in [1.165, 1.54) is 0 Å². The van der Waals surface area contributed by atoms with Crippen molar-refractivity contribution in [2.24, 2.45) is 0 Å². The van der Waals surface area contributed by atoms with Gasteiger partial charge in [0.05, 0.1) is 5.56 Å². The number of hydrogen-bond acceptors (Lipinski definition) is 6. The van der Waals surface area contributed by atoms with Crippen molar-refractivity contribution in [1.29, 1.82) is 5.26 Å². The van der Waals surface area contributed by atoms with E-state index in [2.05, 4.69) is 11.1 Å². The molecule has 2 aromatic rings. The number of fused-ring (bicyclic) bond motifs is 2. The van der Waals surface area contributed by atoms with E-state index >= 15 is 0 Å². The summed E-state index contributed by atoms with van der Waals surface area (Å²) in [5.74, 6) is 0.831. The first-order valence-electron chi connectivity index (χ1n) is 6.50. The summed E-state index contributed by atoms with van der Waals surface area (Å²) in [4.78, 5) is 16.0. The number of carbonyl (C=O) groups excluding carboxylic acids is 1. The van der Waals surface area contributed by atoms with Crippen molar-refractivity contribution in [3.05, 3.63) is 53.3 Å². The van der Waals surface area contributed by atoms with Gasteiger partial charge in [0.25, 0.3) is 0 Å². The lowest BCUT2D eigenvalue weighted by Gasteiger charge is -2.05. The molecule has 0 saturated heterocycles. The van der Waals surface area contributed by atoms with Crippen molar-refractivity contribution < 1.29 is 19.0 Å². The van der Waals surface area contributed by atoms with Crippen LogP contribution in [-0.4, -0.2) is 17.7 Å². The molecule has 1 aromatic carbocycles. The standard InChI is InChI=1S/C16H8N2O4/c17-7-11(9-3-4-12-13(6-9)21-8-20-12)15-14-10(16(19)22-15)2-1-5-18-14/h1-6H,8H2/b15-11+. The molecule has 0 radical (unpaired) electrons. The van der Waals surface area contributed by atoms with E-state index in [0.29, 0.717) is 28.3 Å². The third kappa shape index (κ3) is 1.73. The van der Waals surface area contributed by atoms with E-state index in [4.69, 9.17) is 14.2 Å². The molecule has 0 bridgehead atoms. The second-order valence-corrected chi connectivity index (χ2v) is 4.67. The Morgan fingerprint density at radius 2 is 2.09 bits per heavy atom. The van der Waals surface area contributed by atoms with Gasteiger partial charge in [-0.1, -0.05) is 0 Å². The molecular formula is C16H8N2O4. The highest BCUT2D eigenvalue weighted by Crippen LogP contribution is 2.38. The highest BCUT2D eigenvalue weighted by atomic mass is 16.7. The average Bonchev–Trinajstić information content (AvgIpc) is 3.14. The van der Waals surface area contributed by atoms with E-state index in [0.717, 1.165) is 0 Å². The van der Waals surface area contributed by atoms with Crippen LogP contribution < -0.4 is 9.47 Å². The minimum absolute atomic E-state index is 0.149. The molecule has 6 nitrogen and oxygen atoms in total. The molecule has 4 rings (SSSR count). The first-order valence-corrected chi connectivity index (χ1v) is 6.50. The fourth-order valence-electron chi connectivity index (χ4n) is 2.41. The highest BCUT2D eigenvalue weighted by Gasteiger charge is 2.31. The number of nitriles is 1. The minimum Gasteiger partial charge on any atom is -0.454 e. The first-order chi connectivity index (χ1) is 10.8. The van der Waals surface area contributed by atoms with E-state index in [-0.39, 0.29) is 18.1 Å². The molecule has 0 unspecified atom stereocenters. The Morgan fingerprint density at radius 1 is 1.23 bits per heavy atom. The van der Waals surface area contributed by atoms with Gasteiger partial charge in [-0.3, -0.25) is 4.98 Å². The number of nitrogens with zero attached hydrogens (tertiary/aromatic N) is 2. The minimum atomic E-state index is -0.508. The molecule has 106 valence electrons. The Balaban J connectivity index is 1.90. The van der Waals surface area contributed by atoms with Crippen LogP contribution in [0, 0.1) is 11.3 Å². The zero-order valence-corrected chi connectivity index (χ0v) is 11.2. The Kier molecular flexibility index (Phi) is 2.60. The van der Waals surface area contributed by atoms with Crippen LogP contribution in [-0.2, 0) is 4.74 Å². The van der Waals surface area contributed by atoms with Crippen LogP contribution in [0.5, 0.6) is 11.5 Å². The predicted octanol–water partition coefficient (Wildman–Crippen LogP) is 2.37. The Labute approximate surface area is 125 Å². The maximum atomic E-state index is 11.9. The van der Waals surface area contributed by atoms with Gasteiger partial charge >= 0.3 is 5.97 Å². The number of aromatic nitrogens is 1. The van der Waals surface area contributed by atoms with Gasteiger partial charge in [-0.2, -0.15) is 5.26 Å². The smallest absolute Gasteiger partial charge is 0.346 e. The highest BCUT2D eigenvalue weighted by molar-refractivity contribution is 6.09. The summed E-state index contributed by atoms with van der Waals surface area (Å²) in [5, 5.41) is 9.50. The van der Waals surface area contributed by atoms with Crippen molar-refractivity contribution in [3.8, 4) is 17.6 Å². The number of benzene rings is 1. The summed E-state index contributed by atoms with van der Waals surface area (Å²) in [6.07, 6.45) is 1.55. The summed E-state index contributed by atoms with van der Waals surface area (Å²) in [6.45, 7) is 0.149. The Morgan fingerprint density at radius 3 is 2.95 bits per heavy atom. The van der Waals surface area contributed by atoms with E-state index in [1.807, 2.05) is 0 Å². The topological polar surface area (TPSA) is 81.4 Å². The maximum absolute atomic E-state index is 11.9. The van der Waals surface area contributed by atoms with E-state index < -0.39 is 5.97 Å². The van der Waals surface area contributed by atoms with Crippen molar-refractivity contribution in [2.45, 2.75) is 0 Å². The fraction of sp³-hybridized carbons (Fsp3) is 0.0625. The van der Waals surface area contributed by atoms with Crippen LogP contribution >= 0.6 is 0 Å². The van der Waals surface area contributed by atoms with Crippen LogP contribution in [0.15, 0.2) is 36.5 Å². The maximum Gasteiger partial charge on any atom is 0.346 e. The van der Waals surface area contributed by atoms with Gasteiger partial charge in [-0.15, -0.1) is 0 Å². The molecule has 22 heavy (non-hydrogen) atoms. The zero-order valence-electron chi connectivity index (χ0n) is 11.2. The molecule has 1 aromatic heterocycles. The number of ether oxygens (including phenoxy) is 3. The van der Waals surface area contributed by atoms with Gasteiger partial charge < -0.3 is 14.2 Å². The number of allylic oxidation sites excluding steroid dienone is 1. The zero-order chi connectivity index (χ0) is 15.1. The third-order valence-corrected chi connectivity index (χ3v) is 3.44. The van der Waals surface area contributed by atoms with Gasteiger partial charge in [0.2, 0.25) is 6.79 Å². The molecular weight excluding hydrogens is 284 g/mol. The molecule has 3 heterocycles. The summed E-state index contributed by atoms with van der Waals surface area (Å²) in [7, 11) is 0. The van der Waals surface area contributed by atoms with Gasteiger partial charge in [-0.25, -0.2) is 4.79 Å². The molecule has 0 N–H and O–H groups in total. The molecule has 0 fully saturated rings. The second-order valence-electron chi connectivity index (χ2n) is 4.67.